The first-order valence-electron chi connectivity index (χ1n) is 5.95. The van der Waals surface area contributed by atoms with Crippen molar-refractivity contribution in [3.05, 3.63) is 62.7 Å². The van der Waals surface area contributed by atoms with Crippen LogP contribution in [-0.2, 0) is 0 Å². The average Bonchev–Trinajstić information content (AvgIpc) is 2.48. The smallest absolute Gasteiger partial charge is 0.335 e. The molecule has 0 unspecified atom stereocenters. The second-order valence-corrected chi connectivity index (χ2v) is 5.43. The van der Waals surface area contributed by atoms with E-state index in [1.165, 1.54) is 12.1 Å². The standard InChI is InChI=1S/C16H10INO3/c17-14-8-10(1-6-15(14)19)7-13(9-18)11-2-4-12(5-3-11)16(20)21/h1-8,19H,(H,20,21)/b13-7-. The van der Waals surface area contributed by atoms with E-state index in [1.807, 2.05) is 22.6 Å². The van der Waals surface area contributed by atoms with Crippen molar-refractivity contribution in [2.24, 2.45) is 0 Å². The zero-order valence-electron chi connectivity index (χ0n) is 10.7. The Labute approximate surface area is 135 Å². The second kappa shape index (κ2) is 6.41. The van der Waals surface area contributed by atoms with Gasteiger partial charge in [-0.05, 0) is 64.1 Å². The van der Waals surface area contributed by atoms with Gasteiger partial charge in [-0.3, -0.25) is 0 Å². The van der Waals surface area contributed by atoms with E-state index in [2.05, 4.69) is 6.07 Å². The van der Waals surface area contributed by atoms with Gasteiger partial charge in [-0.15, -0.1) is 0 Å². The fraction of sp³-hybridized carbons (Fsp3) is 0. The third-order valence-electron chi connectivity index (χ3n) is 2.85. The molecule has 104 valence electrons. The van der Waals surface area contributed by atoms with Crippen LogP contribution in [0.25, 0.3) is 11.6 Å². The molecule has 0 radical (unpaired) electrons. The Kier molecular flexibility index (Phi) is 4.60. The molecule has 0 atom stereocenters. The number of benzene rings is 2. The molecule has 0 aromatic heterocycles. The molecule has 2 rings (SSSR count). The highest BCUT2D eigenvalue weighted by molar-refractivity contribution is 14.1. The molecule has 0 heterocycles. The number of halogens is 1. The quantitative estimate of drug-likeness (QED) is 0.474. The van der Waals surface area contributed by atoms with Crippen LogP contribution < -0.4 is 0 Å². The number of nitriles is 1. The van der Waals surface area contributed by atoms with E-state index in [0.717, 1.165) is 5.56 Å². The van der Waals surface area contributed by atoms with Crippen LogP contribution in [0.1, 0.15) is 21.5 Å². The Morgan fingerprint density at radius 3 is 2.29 bits per heavy atom. The Morgan fingerprint density at radius 2 is 1.76 bits per heavy atom. The lowest BCUT2D eigenvalue weighted by Gasteiger charge is -2.02. The summed E-state index contributed by atoms with van der Waals surface area (Å²) in [5.74, 6) is -0.811. The predicted octanol–water partition coefficient (Wildman–Crippen LogP) is 3.76. The Bertz CT molecular complexity index is 758. The Hall–Kier alpha value is -2.33. The number of carbonyl (C=O) groups is 1. The molecule has 4 nitrogen and oxygen atoms in total. The molecule has 21 heavy (non-hydrogen) atoms. The number of hydrogen-bond acceptors (Lipinski definition) is 3. The van der Waals surface area contributed by atoms with Crippen molar-refractivity contribution in [3.63, 3.8) is 0 Å². The van der Waals surface area contributed by atoms with Gasteiger partial charge in [-0.2, -0.15) is 5.26 Å². The molecule has 2 N–H and O–H groups in total. The summed E-state index contributed by atoms with van der Waals surface area (Å²) in [6.07, 6.45) is 1.69. The van der Waals surface area contributed by atoms with E-state index in [1.54, 1.807) is 36.4 Å². The van der Waals surface area contributed by atoms with Crippen LogP contribution in [0.4, 0.5) is 0 Å². The summed E-state index contributed by atoms with van der Waals surface area (Å²) >= 11 is 2.01. The van der Waals surface area contributed by atoms with Crippen molar-refractivity contribution in [2.45, 2.75) is 0 Å². The van der Waals surface area contributed by atoms with Gasteiger partial charge in [0.05, 0.1) is 20.8 Å². The summed E-state index contributed by atoms with van der Waals surface area (Å²) in [4.78, 5) is 10.8. The summed E-state index contributed by atoms with van der Waals surface area (Å²) in [6, 6.07) is 13.3. The summed E-state index contributed by atoms with van der Waals surface area (Å²) in [5, 5.41) is 27.6. The molecule has 0 aliphatic heterocycles. The summed E-state index contributed by atoms with van der Waals surface area (Å²) < 4.78 is 0.694. The first-order valence-corrected chi connectivity index (χ1v) is 7.03. The van der Waals surface area contributed by atoms with Crippen LogP contribution in [0.15, 0.2) is 42.5 Å². The number of hydrogen-bond donors (Lipinski definition) is 2. The molecule has 0 saturated heterocycles. The third kappa shape index (κ3) is 3.61. The molecule has 0 saturated carbocycles. The van der Waals surface area contributed by atoms with Gasteiger partial charge >= 0.3 is 5.97 Å². The highest BCUT2D eigenvalue weighted by Gasteiger charge is 2.06. The number of carboxylic acid groups (broad SMARTS) is 1. The number of carboxylic acids is 1. The normalized spacial score (nSPS) is 11.0. The van der Waals surface area contributed by atoms with Gasteiger partial charge in [0, 0.05) is 0 Å². The summed E-state index contributed by atoms with van der Waals surface area (Å²) in [7, 11) is 0. The Balaban J connectivity index is 2.39. The maximum atomic E-state index is 10.8. The number of rotatable bonds is 3. The van der Waals surface area contributed by atoms with Crippen LogP contribution >= 0.6 is 22.6 Å². The van der Waals surface area contributed by atoms with E-state index in [-0.39, 0.29) is 11.3 Å². The number of allylic oxidation sites excluding steroid dienone is 1. The van der Waals surface area contributed by atoms with Crippen LogP contribution in [0.5, 0.6) is 5.75 Å². The lowest BCUT2D eigenvalue weighted by atomic mass is 10.0. The van der Waals surface area contributed by atoms with Crippen molar-refractivity contribution < 1.29 is 15.0 Å². The molecule has 0 amide bonds. The molecule has 0 spiro atoms. The van der Waals surface area contributed by atoms with E-state index in [9.17, 15) is 15.2 Å². The zero-order valence-corrected chi connectivity index (χ0v) is 12.9. The molecule has 0 aliphatic rings. The second-order valence-electron chi connectivity index (χ2n) is 4.26. The maximum absolute atomic E-state index is 10.8. The number of nitrogens with zero attached hydrogens (tertiary/aromatic N) is 1. The average molecular weight is 391 g/mol. The highest BCUT2D eigenvalue weighted by atomic mass is 127. The van der Waals surface area contributed by atoms with E-state index >= 15 is 0 Å². The van der Waals surface area contributed by atoms with Gasteiger partial charge in [0.15, 0.2) is 0 Å². The predicted molar refractivity (Wildman–Crippen MR) is 87.7 cm³/mol. The number of aromatic carboxylic acids is 1. The minimum Gasteiger partial charge on any atom is -0.507 e. The first kappa shape index (κ1) is 15.1. The molecular weight excluding hydrogens is 381 g/mol. The lowest BCUT2D eigenvalue weighted by Crippen LogP contribution is -1.95. The van der Waals surface area contributed by atoms with Crippen molar-refractivity contribution >= 4 is 40.2 Å². The first-order chi connectivity index (χ1) is 10.0. The minimum atomic E-state index is -1.00. The van der Waals surface area contributed by atoms with Crippen LogP contribution in [0.3, 0.4) is 0 Å². The molecule has 2 aromatic carbocycles. The fourth-order valence-electron chi connectivity index (χ4n) is 1.75. The largest absolute Gasteiger partial charge is 0.507 e. The SMILES string of the molecule is N#C/C(=C/c1ccc(O)c(I)c1)c1ccc(C(=O)O)cc1. The van der Waals surface area contributed by atoms with Gasteiger partial charge in [0.25, 0.3) is 0 Å². The zero-order chi connectivity index (χ0) is 15.4. The number of phenols is 1. The van der Waals surface area contributed by atoms with Crippen LogP contribution in [0.2, 0.25) is 0 Å². The number of phenolic OH excluding ortho intramolecular Hbond substituents is 1. The molecular formula is C16H10INO3. The molecule has 5 heteroatoms. The van der Waals surface area contributed by atoms with Crippen LogP contribution in [-0.4, -0.2) is 16.2 Å². The van der Waals surface area contributed by atoms with Crippen molar-refractivity contribution in [1.29, 1.82) is 5.26 Å². The van der Waals surface area contributed by atoms with E-state index in [4.69, 9.17) is 5.11 Å². The number of aromatic hydroxyl groups is 1. The van der Waals surface area contributed by atoms with Gasteiger partial charge in [-0.1, -0.05) is 18.2 Å². The van der Waals surface area contributed by atoms with Gasteiger partial charge in [0.2, 0.25) is 0 Å². The third-order valence-corrected chi connectivity index (χ3v) is 3.71. The minimum absolute atomic E-state index is 0.176. The van der Waals surface area contributed by atoms with Crippen molar-refractivity contribution in [2.75, 3.05) is 0 Å². The molecule has 0 bridgehead atoms. The Morgan fingerprint density at radius 1 is 1.14 bits per heavy atom. The van der Waals surface area contributed by atoms with Gasteiger partial charge < -0.3 is 10.2 Å². The summed E-state index contributed by atoms with van der Waals surface area (Å²) in [6.45, 7) is 0. The highest BCUT2D eigenvalue weighted by Crippen LogP contribution is 2.24. The lowest BCUT2D eigenvalue weighted by molar-refractivity contribution is 0.0697. The van der Waals surface area contributed by atoms with Crippen LogP contribution in [0, 0.1) is 14.9 Å². The van der Waals surface area contributed by atoms with Gasteiger partial charge in [-0.25, -0.2) is 4.79 Å². The summed E-state index contributed by atoms with van der Waals surface area (Å²) in [5.41, 5.74) is 2.03. The molecule has 0 aliphatic carbocycles. The maximum Gasteiger partial charge on any atom is 0.335 e. The van der Waals surface area contributed by atoms with Crippen molar-refractivity contribution in [1.82, 2.24) is 0 Å². The topological polar surface area (TPSA) is 81.3 Å². The van der Waals surface area contributed by atoms with E-state index < -0.39 is 5.97 Å². The van der Waals surface area contributed by atoms with E-state index in [0.29, 0.717) is 14.7 Å². The van der Waals surface area contributed by atoms with Gasteiger partial charge in [0.1, 0.15) is 5.75 Å². The van der Waals surface area contributed by atoms with Crippen molar-refractivity contribution in [3.8, 4) is 11.8 Å². The molecule has 2 aromatic rings. The molecule has 0 fully saturated rings. The fourth-order valence-corrected chi connectivity index (χ4v) is 2.29. The monoisotopic (exact) mass is 391 g/mol.